The molecular weight excluding hydrogens is 256 g/mol. The number of aliphatic imine (C=N–C) groups is 1. The van der Waals surface area contributed by atoms with Crippen LogP contribution < -0.4 is 5.48 Å². The van der Waals surface area contributed by atoms with Crippen LogP contribution in [0.15, 0.2) is 35.3 Å². The van der Waals surface area contributed by atoms with Crippen molar-refractivity contribution in [2.75, 3.05) is 7.11 Å². The van der Waals surface area contributed by atoms with Gasteiger partial charge in [0.15, 0.2) is 5.90 Å². The summed E-state index contributed by atoms with van der Waals surface area (Å²) in [5.74, 6) is 0.400. The van der Waals surface area contributed by atoms with Gasteiger partial charge in [0.2, 0.25) is 5.91 Å². The van der Waals surface area contributed by atoms with Crippen LogP contribution in [0.5, 0.6) is 0 Å². The Morgan fingerprint density at radius 3 is 2.40 bits per heavy atom. The zero-order valence-corrected chi connectivity index (χ0v) is 11.8. The summed E-state index contributed by atoms with van der Waals surface area (Å²) in [4.78, 5) is 15.2. The monoisotopic (exact) mass is 278 g/mol. The van der Waals surface area contributed by atoms with Gasteiger partial charge in [-0.3, -0.25) is 10.0 Å². The average Bonchev–Trinajstić information content (AvgIpc) is 2.50. The number of hydroxylamine groups is 1. The van der Waals surface area contributed by atoms with Crippen molar-refractivity contribution in [2.24, 2.45) is 4.99 Å². The summed E-state index contributed by atoms with van der Waals surface area (Å²) < 4.78 is 5.27. The number of benzene rings is 1. The smallest absolute Gasteiger partial charge is 0.243 e. The van der Waals surface area contributed by atoms with E-state index in [9.17, 15) is 4.79 Å². The van der Waals surface area contributed by atoms with Gasteiger partial charge in [-0.25, -0.2) is 10.5 Å². The van der Waals surface area contributed by atoms with Crippen LogP contribution in [0.3, 0.4) is 0 Å². The Labute approximate surface area is 119 Å². The SMILES string of the molecule is COC(CCCCCCC(=O)NO)=Nc1ccccc1. The molecule has 0 atom stereocenters. The van der Waals surface area contributed by atoms with Gasteiger partial charge in [-0.1, -0.05) is 31.0 Å². The third-order valence-electron chi connectivity index (χ3n) is 2.91. The number of para-hydroxylation sites is 1. The molecule has 0 radical (unpaired) electrons. The lowest BCUT2D eigenvalue weighted by atomic mass is 10.1. The van der Waals surface area contributed by atoms with E-state index in [4.69, 9.17) is 9.94 Å². The van der Waals surface area contributed by atoms with Gasteiger partial charge in [-0.05, 0) is 25.0 Å². The number of amides is 1. The minimum atomic E-state index is -0.326. The van der Waals surface area contributed by atoms with Crippen LogP contribution >= 0.6 is 0 Å². The number of methoxy groups -OCH3 is 1. The fourth-order valence-corrected chi connectivity index (χ4v) is 1.82. The fraction of sp³-hybridized carbons (Fsp3) is 0.467. The highest BCUT2D eigenvalue weighted by Crippen LogP contribution is 2.13. The Morgan fingerprint density at radius 2 is 1.80 bits per heavy atom. The third kappa shape index (κ3) is 6.89. The zero-order chi connectivity index (χ0) is 14.6. The summed E-state index contributed by atoms with van der Waals surface area (Å²) in [6, 6.07) is 9.71. The molecule has 1 amide bonds. The first-order valence-electron chi connectivity index (χ1n) is 6.86. The summed E-state index contributed by atoms with van der Waals surface area (Å²) in [6.07, 6.45) is 4.87. The molecule has 2 N–H and O–H groups in total. The number of hydrogen-bond acceptors (Lipinski definition) is 4. The van der Waals surface area contributed by atoms with Crippen LogP contribution in [0.4, 0.5) is 5.69 Å². The fourth-order valence-electron chi connectivity index (χ4n) is 1.82. The molecule has 0 spiro atoms. The van der Waals surface area contributed by atoms with Gasteiger partial charge < -0.3 is 4.74 Å². The highest BCUT2D eigenvalue weighted by molar-refractivity contribution is 5.79. The van der Waals surface area contributed by atoms with E-state index in [0.29, 0.717) is 6.42 Å². The molecule has 1 aromatic rings. The first-order valence-corrected chi connectivity index (χ1v) is 6.86. The number of unbranched alkanes of at least 4 members (excludes halogenated alkanes) is 3. The second-order valence-corrected chi connectivity index (χ2v) is 4.49. The highest BCUT2D eigenvalue weighted by Gasteiger charge is 2.01. The summed E-state index contributed by atoms with van der Waals surface area (Å²) in [5, 5.41) is 8.35. The molecule has 0 saturated heterocycles. The zero-order valence-electron chi connectivity index (χ0n) is 11.8. The molecule has 0 bridgehead atoms. The van der Waals surface area contributed by atoms with Crippen molar-refractivity contribution in [3.63, 3.8) is 0 Å². The minimum absolute atomic E-state index is 0.326. The Hall–Kier alpha value is -1.88. The lowest BCUT2D eigenvalue weighted by Crippen LogP contribution is -2.17. The Balaban J connectivity index is 2.22. The third-order valence-corrected chi connectivity index (χ3v) is 2.91. The quantitative estimate of drug-likeness (QED) is 0.252. The van der Waals surface area contributed by atoms with Crippen LogP contribution in [0.1, 0.15) is 38.5 Å². The number of hydrogen-bond donors (Lipinski definition) is 2. The normalized spacial score (nSPS) is 11.2. The van der Waals surface area contributed by atoms with E-state index >= 15 is 0 Å². The largest absolute Gasteiger partial charge is 0.484 e. The number of carbonyl (C=O) groups excluding carboxylic acids is 1. The van der Waals surface area contributed by atoms with Crippen molar-refractivity contribution >= 4 is 17.5 Å². The number of nitrogens with zero attached hydrogens (tertiary/aromatic N) is 1. The topological polar surface area (TPSA) is 70.9 Å². The van der Waals surface area contributed by atoms with Crippen LogP contribution in [-0.2, 0) is 9.53 Å². The molecule has 0 fully saturated rings. The molecule has 0 aliphatic rings. The lowest BCUT2D eigenvalue weighted by molar-refractivity contribution is -0.129. The second-order valence-electron chi connectivity index (χ2n) is 4.49. The van der Waals surface area contributed by atoms with Crippen LogP contribution in [0.25, 0.3) is 0 Å². The number of ether oxygens (including phenoxy) is 1. The van der Waals surface area contributed by atoms with Gasteiger partial charge in [-0.2, -0.15) is 0 Å². The van der Waals surface area contributed by atoms with Gasteiger partial charge in [-0.15, -0.1) is 0 Å². The van der Waals surface area contributed by atoms with Gasteiger partial charge in [0, 0.05) is 12.8 Å². The van der Waals surface area contributed by atoms with Crippen LogP contribution in [0.2, 0.25) is 0 Å². The van der Waals surface area contributed by atoms with E-state index in [2.05, 4.69) is 4.99 Å². The number of carbonyl (C=O) groups is 1. The standard InChI is InChI=1S/C15H22N2O3/c1-20-15(16-13-9-5-4-6-10-13)12-8-3-2-7-11-14(18)17-19/h4-6,9-10,19H,2-3,7-8,11-12H2,1H3,(H,17,18). The molecular formula is C15H22N2O3. The Morgan fingerprint density at radius 1 is 1.15 bits per heavy atom. The molecule has 5 nitrogen and oxygen atoms in total. The molecule has 0 unspecified atom stereocenters. The minimum Gasteiger partial charge on any atom is -0.484 e. The second kappa shape index (κ2) is 9.97. The molecule has 1 aromatic carbocycles. The van der Waals surface area contributed by atoms with Gasteiger partial charge in [0.1, 0.15) is 0 Å². The van der Waals surface area contributed by atoms with Crippen molar-refractivity contribution in [3.05, 3.63) is 30.3 Å². The molecule has 20 heavy (non-hydrogen) atoms. The van der Waals surface area contributed by atoms with Crippen molar-refractivity contribution in [1.29, 1.82) is 0 Å². The number of nitrogens with one attached hydrogen (secondary N) is 1. The van der Waals surface area contributed by atoms with Crippen molar-refractivity contribution in [1.82, 2.24) is 5.48 Å². The van der Waals surface area contributed by atoms with Crippen LogP contribution in [-0.4, -0.2) is 24.1 Å². The molecule has 0 saturated carbocycles. The lowest BCUT2D eigenvalue weighted by Gasteiger charge is -2.05. The van der Waals surface area contributed by atoms with Crippen molar-refractivity contribution in [3.8, 4) is 0 Å². The molecule has 110 valence electrons. The summed E-state index contributed by atoms with van der Waals surface area (Å²) >= 11 is 0. The molecule has 0 aromatic heterocycles. The predicted octanol–water partition coefficient (Wildman–Crippen LogP) is 3.21. The first-order chi connectivity index (χ1) is 9.76. The maximum Gasteiger partial charge on any atom is 0.243 e. The van der Waals surface area contributed by atoms with E-state index in [1.165, 1.54) is 0 Å². The summed E-state index contributed by atoms with van der Waals surface area (Å²) in [6.45, 7) is 0. The molecule has 0 heterocycles. The first kappa shape index (κ1) is 16.2. The molecule has 0 aliphatic carbocycles. The summed E-state index contributed by atoms with van der Waals surface area (Å²) in [7, 11) is 1.63. The molecule has 1 rings (SSSR count). The summed E-state index contributed by atoms with van der Waals surface area (Å²) in [5.41, 5.74) is 2.53. The van der Waals surface area contributed by atoms with Crippen molar-refractivity contribution < 1.29 is 14.7 Å². The van der Waals surface area contributed by atoms with Crippen molar-refractivity contribution in [2.45, 2.75) is 38.5 Å². The maximum atomic E-state index is 10.8. The van der Waals surface area contributed by atoms with Gasteiger partial charge in [0.05, 0.1) is 12.8 Å². The van der Waals surface area contributed by atoms with Gasteiger partial charge >= 0.3 is 0 Å². The number of rotatable bonds is 8. The average molecular weight is 278 g/mol. The van der Waals surface area contributed by atoms with E-state index in [1.807, 2.05) is 30.3 Å². The van der Waals surface area contributed by atoms with Crippen LogP contribution in [0, 0.1) is 0 Å². The highest BCUT2D eigenvalue weighted by atomic mass is 16.5. The van der Waals surface area contributed by atoms with E-state index in [1.54, 1.807) is 12.6 Å². The Kier molecular flexibility index (Phi) is 8.07. The van der Waals surface area contributed by atoms with Gasteiger partial charge in [0.25, 0.3) is 0 Å². The molecule has 0 aliphatic heterocycles. The Bertz CT molecular complexity index is 418. The molecule has 5 heteroatoms. The van der Waals surface area contributed by atoms with E-state index in [0.717, 1.165) is 43.7 Å². The van der Waals surface area contributed by atoms with E-state index < -0.39 is 0 Å². The van der Waals surface area contributed by atoms with E-state index in [-0.39, 0.29) is 5.91 Å². The predicted molar refractivity (Wildman–Crippen MR) is 78.2 cm³/mol. The maximum absolute atomic E-state index is 10.8.